The van der Waals surface area contributed by atoms with E-state index in [1.165, 1.54) is 0 Å². The Morgan fingerprint density at radius 3 is 3.17 bits per heavy atom. The average Bonchev–Trinajstić information content (AvgIpc) is 3.26. The molecule has 6 heteroatoms. The van der Waals surface area contributed by atoms with Gasteiger partial charge in [0.2, 0.25) is 11.8 Å². The lowest BCUT2D eigenvalue weighted by atomic mass is 10.1. The normalized spacial score (nSPS) is 17.8. The molecule has 0 saturated carbocycles. The lowest BCUT2D eigenvalue weighted by Crippen LogP contribution is -2.36. The van der Waals surface area contributed by atoms with Gasteiger partial charge in [-0.2, -0.15) is 11.3 Å². The molecule has 124 valence electrons. The fraction of sp³-hybridized carbons (Fsp3) is 0.529. The number of carbonyl (C=O) groups excluding carboxylic acids is 1. The second kappa shape index (κ2) is 7.27. The molecule has 0 aliphatic carbocycles. The number of carbonyl (C=O) groups is 1. The maximum atomic E-state index is 12.6. The number of amides is 1. The van der Waals surface area contributed by atoms with E-state index in [1.54, 1.807) is 11.3 Å². The Kier molecular flexibility index (Phi) is 5.13. The molecule has 23 heavy (non-hydrogen) atoms. The number of rotatable bonds is 6. The second-order valence-electron chi connectivity index (χ2n) is 5.96. The summed E-state index contributed by atoms with van der Waals surface area (Å²) in [6.07, 6.45) is 3.98. The van der Waals surface area contributed by atoms with Gasteiger partial charge in [0.15, 0.2) is 0 Å². The predicted octanol–water partition coefficient (Wildman–Crippen LogP) is 3.02. The summed E-state index contributed by atoms with van der Waals surface area (Å²) >= 11 is 1.60. The number of aliphatic hydroxyl groups is 1. The summed E-state index contributed by atoms with van der Waals surface area (Å²) in [5.41, 5.74) is 1.68. The van der Waals surface area contributed by atoms with Crippen molar-refractivity contribution in [1.82, 2.24) is 9.88 Å². The van der Waals surface area contributed by atoms with E-state index >= 15 is 0 Å². The van der Waals surface area contributed by atoms with Crippen LogP contribution in [0.25, 0.3) is 11.5 Å². The van der Waals surface area contributed by atoms with Crippen LogP contribution in [0.1, 0.15) is 37.1 Å². The van der Waals surface area contributed by atoms with Gasteiger partial charge in [0.25, 0.3) is 0 Å². The van der Waals surface area contributed by atoms with Crippen LogP contribution in [-0.4, -0.2) is 40.1 Å². The number of aliphatic hydroxyl groups excluding tert-OH is 1. The highest BCUT2D eigenvalue weighted by atomic mass is 32.1. The zero-order valence-corrected chi connectivity index (χ0v) is 14.1. The topological polar surface area (TPSA) is 66.6 Å². The van der Waals surface area contributed by atoms with E-state index < -0.39 is 0 Å². The third-order valence-electron chi connectivity index (χ3n) is 4.37. The van der Waals surface area contributed by atoms with Gasteiger partial charge in [-0.1, -0.05) is 0 Å². The van der Waals surface area contributed by atoms with Crippen molar-refractivity contribution in [3.63, 3.8) is 0 Å². The first-order valence-electron chi connectivity index (χ1n) is 8.08. The van der Waals surface area contributed by atoms with E-state index in [9.17, 15) is 4.79 Å². The van der Waals surface area contributed by atoms with Crippen LogP contribution in [0.3, 0.4) is 0 Å². The molecule has 1 atom stereocenters. The number of hydrogen-bond acceptors (Lipinski definition) is 5. The summed E-state index contributed by atoms with van der Waals surface area (Å²) in [5.74, 6) is 1.41. The summed E-state index contributed by atoms with van der Waals surface area (Å²) < 4.78 is 5.71. The first-order valence-corrected chi connectivity index (χ1v) is 9.02. The zero-order chi connectivity index (χ0) is 16.2. The molecular weight excluding hydrogens is 312 g/mol. The fourth-order valence-corrected chi connectivity index (χ4v) is 3.77. The Hall–Kier alpha value is -1.66. The summed E-state index contributed by atoms with van der Waals surface area (Å²) in [6, 6.07) is 2.23. The Balaban J connectivity index is 1.68. The molecule has 1 unspecified atom stereocenters. The molecule has 1 aliphatic heterocycles. The van der Waals surface area contributed by atoms with Crippen molar-refractivity contribution in [3.05, 3.63) is 28.3 Å². The summed E-state index contributed by atoms with van der Waals surface area (Å²) in [7, 11) is 0. The number of thiophene rings is 1. The molecule has 0 spiro atoms. The van der Waals surface area contributed by atoms with Crippen molar-refractivity contribution < 1.29 is 14.3 Å². The monoisotopic (exact) mass is 334 g/mol. The number of aromatic nitrogens is 1. The maximum absolute atomic E-state index is 12.6. The number of hydrogen-bond donors (Lipinski definition) is 1. The Bertz CT molecular complexity index is 651. The zero-order valence-electron chi connectivity index (χ0n) is 13.3. The van der Waals surface area contributed by atoms with Crippen LogP contribution in [0.4, 0.5) is 0 Å². The van der Waals surface area contributed by atoms with Gasteiger partial charge in [-0.25, -0.2) is 4.98 Å². The third-order valence-corrected chi connectivity index (χ3v) is 5.06. The van der Waals surface area contributed by atoms with E-state index in [2.05, 4.69) is 4.98 Å². The molecular formula is C17H22N2O3S. The molecule has 2 aromatic heterocycles. The Morgan fingerprint density at radius 1 is 1.57 bits per heavy atom. The van der Waals surface area contributed by atoms with Crippen molar-refractivity contribution in [3.8, 4) is 11.5 Å². The van der Waals surface area contributed by atoms with E-state index in [1.807, 2.05) is 28.7 Å². The first-order chi connectivity index (χ1) is 11.2. The second-order valence-corrected chi connectivity index (χ2v) is 6.74. The average molecular weight is 334 g/mol. The minimum Gasteiger partial charge on any atom is -0.441 e. The molecule has 1 saturated heterocycles. The van der Waals surface area contributed by atoms with E-state index in [-0.39, 0.29) is 25.0 Å². The molecule has 3 heterocycles. The largest absolute Gasteiger partial charge is 0.441 e. The maximum Gasteiger partial charge on any atom is 0.228 e. The molecule has 1 aliphatic rings. The van der Waals surface area contributed by atoms with Crippen LogP contribution < -0.4 is 0 Å². The van der Waals surface area contributed by atoms with Gasteiger partial charge < -0.3 is 14.4 Å². The van der Waals surface area contributed by atoms with Gasteiger partial charge in [0.1, 0.15) is 5.76 Å². The van der Waals surface area contributed by atoms with Crippen LogP contribution in [0.5, 0.6) is 0 Å². The smallest absolute Gasteiger partial charge is 0.228 e. The highest BCUT2D eigenvalue weighted by Crippen LogP contribution is 2.26. The van der Waals surface area contributed by atoms with E-state index in [0.717, 1.165) is 43.5 Å². The Labute approximate surface area is 140 Å². The van der Waals surface area contributed by atoms with Crippen molar-refractivity contribution >= 4 is 17.2 Å². The predicted molar refractivity (Wildman–Crippen MR) is 89.3 cm³/mol. The van der Waals surface area contributed by atoms with Crippen molar-refractivity contribution in [2.24, 2.45) is 0 Å². The molecule has 3 rings (SSSR count). The van der Waals surface area contributed by atoms with Crippen molar-refractivity contribution in [2.75, 3.05) is 13.2 Å². The van der Waals surface area contributed by atoms with E-state index in [0.29, 0.717) is 11.7 Å². The van der Waals surface area contributed by atoms with Gasteiger partial charge in [-0.3, -0.25) is 4.79 Å². The molecule has 2 aromatic rings. The number of oxazole rings is 1. The minimum atomic E-state index is 0.110. The lowest BCUT2D eigenvalue weighted by Gasteiger charge is -2.24. The Morgan fingerprint density at radius 2 is 2.43 bits per heavy atom. The number of aryl methyl sites for hydroxylation is 1. The SMILES string of the molecule is Cc1oc(-c2ccsc2)nc1CC(=O)N1CCCC1CCCO. The minimum absolute atomic E-state index is 0.110. The highest BCUT2D eigenvalue weighted by Gasteiger charge is 2.29. The lowest BCUT2D eigenvalue weighted by molar-refractivity contribution is -0.131. The summed E-state index contributed by atoms with van der Waals surface area (Å²) in [5, 5.41) is 13.0. The molecule has 0 aromatic carbocycles. The molecule has 1 N–H and O–H groups in total. The third kappa shape index (κ3) is 3.64. The van der Waals surface area contributed by atoms with Crippen molar-refractivity contribution in [1.29, 1.82) is 0 Å². The summed E-state index contributed by atoms with van der Waals surface area (Å²) in [4.78, 5) is 19.1. The molecule has 5 nitrogen and oxygen atoms in total. The van der Waals surface area contributed by atoms with Gasteiger partial charge in [0.05, 0.1) is 12.1 Å². The van der Waals surface area contributed by atoms with Crippen LogP contribution >= 0.6 is 11.3 Å². The molecule has 0 radical (unpaired) electrons. The number of likely N-dealkylation sites (tertiary alicyclic amines) is 1. The van der Waals surface area contributed by atoms with Gasteiger partial charge in [0, 0.05) is 30.1 Å². The van der Waals surface area contributed by atoms with Gasteiger partial charge >= 0.3 is 0 Å². The highest BCUT2D eigenvalue weighted by molar-refractivity contribution is 7.08. The molecule has 0 bridgehead atoms. The van der Waals surface area contributed by atoms with E-state index in [4.69, 9.17) is 9.52 Å². The van der Waals surface area contributed by atoms with Gasteiger partial charge in [-0.15, -0.1) is 0 Å². The standard InChI is InChI=1S/C17H22N2O3S/c1-12-15(18-17(22-12)13-6-9-23-11-13)10-16(21)19-7-2-4-14(19)5-3-8-20/h6,9,11,14,20H,2-5,7-8,10H2,1H3. The molecule has 1 amide bonds. The number of nitrogens with zero attached hydrogens (tertiary/aromatic N) is 2. The first kappa shape index (κ1) is 16.2. The van der Waals surface area contributed by atoms with Crippen LogP contribution in [0.15, 0.2) is 21.2 Å². The van der Waals surface area contributed by atoms with Crippen LogP contribution in [0, 0.1) is 6.92 Å². The quantitative estimate of drug-likeness (QED) is 0.882. The van der Waals surface area contributed by atoms with Crippen LogP contribution in [0.2, 0.25) is 0 Å². The van der Waals surface area contributed by atoms with Crippen molar-refractivity contribution in [2.45, 2.75) is 45.1 Å². The van der Waals surface area contributed by atoms with Crippen LogP contribution in [-0.2, 0) is 11.2 Å². The fourth-order valence-electron chi connectivity index (χ4n) is 3.14. The summed E-state index contributed by atoms with van der Waals surface area (Å²) in [6.45, 7) is 2.85. The van der Waals surface area contributed by atoms with Gasteiger partial charge in [-0.05, 0) is 44.1 Å². The molecule has 1 fully saturated rings.